The average Bonchev–Trinajstić information content (AvgIpc) is 2.67. The normalized spacial score (nSPS) is 14.5. The Morgan fingerprint density at radius 1 is 1.04 bits per heavy atom. The summed E-state index contributed by atoms with van der Waals surface area (Å²) in [6.07, 6.45) is 1.81. The Bertz CT molecular complexity index is 639. The number of pyridine rings is 1. The highest BCUT2D eigenvalue weighted by molar-refractivity contribution is 5.81. The summed E-state index contributed by atoms with van der Waals surface area (Å²) in [5, 5.41) is 0. The van der Waals surface area contributed by atoms with Crippen LogP contribution in [0.3, 0.4) is 0 Å². The fourth-order valence-corrected chi connectivity index (χ4v) is 3.01. The van der Waals surface area contributed by atoms with Gasteiger partial charge in [0.05, 0.1) is 6.54 Å². The first kappa shape index (κ1) is 16.3. The Balaban J connectivity index is 1.55. The van der Waals surface area contributed by atoms with Crippen LogP contribution in [0.4, 0.5) is 11.5 Å². The molecule has 2 heterocycles. The third-order valence-corrected chi connectivity index (χ3v) is 4.43. The zero-order chi connectivity index (χ0) is 16.8. The van der Waals surface area contributed by atoms with Crippen LogP contribution in [0.1, 0.15) is 6.92 Å². The molecule has 2 aromatic rings. The fourth-order valence-electron chi connectivity index (χ4n) is 3.01. The van der Waals surface area contributed by atoms with Gasteiger partial charge < -0.3 is 14.7 Å². The second kappa shape index (κ2) is 7.81. The average molecular weight is 324 g/mol. The van der Waals surface area contributed by atoms with Crippen molar-refractivity contribution in [2.45, 2.75) is 6.92 Å². The summed E-state index contributed by atoms with van der Waals surface area (Å²) >= 11 is 0. The second-order valence-electron chi connectivity index (χ2n) is 5.91. The fraction of sp³-hybridized carbons (Fsp3) is 0.368. The highest BCUT2D eigenvalue weighted by Gasteiger charge is 2.23. The lowest BCUT2D eigenvalue weighted by Gasteiger charge is -2.36. The molecule has 0 atom stereocenters. The van der Waals surface area contributed by atoms with Crippen molar-refractivity contribution in [2.24, 2.45) is 0 Å². The predicted octanol–water partition coefficient (Wildman–Crippen LogP) is 2.26. The maximum atomic E-state index is 12.6. The number of hydrogen-bond donors (Lipinski definition) is 0. The summed E-state index contributed by atoms with van der Waals surface area (Å²) in [6.45, 7) is 6.51. The standard InChI is InChI=1S/C19H24N4O/c1-2-21(17-8-4-3-5-9-17)16-19(24)23-14-12-22(13-15-23)18-10-6-7-11-20-18/h3-11H,2,12-16H2,1H3. The Labute approximate surface area is 143 Å². The van der Waals surface area contributed by atoms with Crippen molar-refractivity contribution in [3.05, 3.63) is 54.7 Å². The minimum Gasteiger partial charge on any atom is -0.362 e. The van der Waals surface area contributed by atoms with Gasteiger partial charge in [-0.15, -0.1) is 0 Å². The molecule has 1 saturated heterocycles. The number of aromatic nitrogens is 1. The van der Waals surface area contributed by atoms with Crippen LogP contribution in [-0.2, 0) is 4.79 Å². The van der Waals surface area contributed by atoms with Crippen LogP contribution < -0.4 is 9.80 Å². The monoisotopic (exact) mass is 324 g/mol. The van der Waals surface area contributed by atoms with Crippen molar-refractivity contribution in [1.82, 2.24) is 9.88 Å². The van der Waals surface area contributed by atoms with Crippen molar-refractivity contribution in [3.63, 3.8) is 0 Å². The molecule has 1 amide bonds. The van der Waals surface area contributed by atoms with Crippen molar-refractivity contribution in [1.29, 1.82) is 0 Å². The van der Waals surface area contributed by atoms with Crippen LogP contribution >= 0.6 is 0 Å². The van der Waals surface area contributed by atoms with Crippen molar-refractivity contribution >= 4 is 17.4 Å². The molecule has 126 valence electrons. The number of rotatable bonds is 5. The molecule has 1 aliphatic rings. The topological polar surface area (TPSA) is 39.7 Å². The summed E-state index contributed by atoms with van der Waals surface area (Å²) in [5.41, 5.74) is 1.10. The largest absolute Gasteiger partial charge is 0.362 e. The van der Waals surface area contributed by atoms with E-state index in [1.165, 1.54) is 0 Å². The lowest BCUT2D eigenvalue weighted by atomic mass is 10.2. The van der Waals surface area contributed by atoms with Crippen LogP contribution in [0.5, 0.6) is 0 Å². The molecule has 0 bridgehead atoms. The molecule has 1 aromatic carbocycles. The molecule has 0 unspecified atom stereocenters. The zero-order valence-electron chi connectivity index (χ0n) is 14.1. The maximum Gasteiger partial charge on any atom is 0.242 e. The maximum absolute atomic E-state index is 12.6. The third-order valence-electron chi connectivity index (χ3n) is 4.43. The number of carbonyl (C=O) groups is 1. The molecule has 0 aliphatic carbocycles. The molecule has 5 nitrogen and oxygen atoms in total. The Hall–Kier alpha value is -2.56. The number of hydrogen-bond acceptors (Lipinski definition) is 4. The first-order chi connectivity index (χ1) is 11.8. The molecule has 5 heteroatoms. The van der Waals surface area contributed by atoms with E-state index in [2.05, 4.69) is 33.8 Å². The summed E-state index contributed by atoms with van der Waals surface area (Å²) in [7, 11) is 0. The summed E-state index contributed by atoms with van der Waals surface area (Å²) in [4.78, 5) is 23.3. The molecule has 0 saturated carbocycles. The smallest absolute Gasteiger partial charge is 0.242 e. The number of amides is 1. The van der Waals surface area contributed by atoms with Gasteiger partial charge in [-0.05, 0) is 31.2 Å². The number of likely N-dealkylation sites (N-methyl/N-ethyl adjacent to an activating group) is 1. The highest BCUT2D eigenvalue weighted by atomic mass is 16.2. The molecule has 1 aromatic heterocycles. The van der Waals surface area contributed by atoms with Crippen molar-refractivity contribution < 1.29 is 4.79 Å². The van der Waals surface area contributed by atoms with E-state index < -0.39 is 0 Å². The van der Waals surface area contributed by atoms with E-state index in [4.69, 9.17) is 0 Å². The lowest BCUT2D eigenvalue weighted by molar-refractivity contribution is -0.130. The van der Waals surface area contributed by atoms with Gasteiger partial charge in [0.2, 0.25) is 5.91 Å². The molecular weight excluding hydrogens is 300 g/mol. The molecule has 0 N–H and O–H groups in total. The van der Waals surface area contributed by atoms with E-state index in [0.29, 0.717) is 6.54 Å². The number of nitrogens with zero attached hydrogens (tertiary/aromatic N) is 4. The van der Waals surface area contributed by atoms with Gasteiger partial charge in [0.25, 0.3) is 0 Å². The molecule has 0 spiro atoms. The minimum atomic E-state index is 0.196. The molecular formula is C19H24N4O. The van der Waals surface area contributed by atoms with Gasteiger partial charge in [-0.25, -0.2) is 4.98 Å². The predicted molar refractivity (Wildman–Crippen MR) is 97.4 cm³/mol. The first-order valence-electron chi connectivity index (χ1n) is 8.51. The first-order valence-corrected chi connectivity index (χ1v) is 8.51. The minimum absolute atomic E-state index is 0.196. The molecule has 24 heavy (non-hydrogen) atoms. The van der Waals surface area contributed by atoms with E-state index >= 15 is 0 Å². The SMILES string of the molecule is CCN(CC(=O)N1CCN(c2ccccn2)CC1)c1ccccc1. The van der Waals surface area contributed by atoms with Crippen LogP contribution in [0.15, 0.2) is 54.7 Å². The zero-order valence-corrected chi connectivity index (χ0v) is 14.1. The highest BCUT2D eigenvalue weighted by Crippen LogP contribution is 2.15. The third kappa shape index (κ3) is 3.85. The Kier molecular flexibility index (Phi) is 5.31. The number of piperazine rings is 1. The van der Waals surface area contributed by atoms with Gasteiger partial charge in [-0.2, -0.15) is 0 Å². The number of anilines is 2. The van der Waals surface area contributed by atoms with Crippen LogP contribution in [-0.4, -0.2) is 55.1 Å². The Morgan fingerprint density at radius 2 is 1.75 bits per heavy atom. The number of carbonyl (C=O) groups excluding carboxylic acids is 1. The van der Waals surface area contributed by atoms with Crippen LogP contribution in [0, 0.1) is 0 Å². The molecule has 1 fully saturated rings. The van der Waals surface area contributed by atoms with Gasteiger partial charge in [0, 0.05) is 44.6 Å². The van der Waals surface area contributed by atoms with E-state index in [1.807, 2.05) is 47.5 Å². The van der Waals surface area contributed by atoms with E-state index in [1.54, 1.807) is 0 Å². The van der Waals surface area contributed by atoms with Gasteiger partial charge >= 0.3 is 0 Å². The molecule has 0 radical (unpaired) electrons. The summed E-state index contributed by atoms with van der Waals surface area (Å²) in [6, 6.07) is 16.1. The summed E-state index contributed by atoms with van der Waals surface area (Å²) < 4.78 is 0. The lowest BCUT2D eigenvalue weighted by Crippen LogP contribution is -2.51. The molecule has 1 aliphatic heterocycles. The number of para-hydroxylation sites is 1. The van der Waals surface area contributed by atoms with Gasteiger partial charge in [0.15, 0.2) is 0 Å². The van der Waals surface area contributed by atoms with Gasteiger partial charge in [0.1, 0.15) is 5.82 Å². The van der Waals surface area contributed by atoms with Gasteiger partial charge in [-0.1, -0.05) is 24.3 Å². The molecule has 3 rings (SSSR count). The van der Waals surface area contributed by atoms with E-state index in [-0.39, 0.29) is 5.91 Å². The van der Waals surface area contributed by atoms with Crippen LogP contribution in [0.2, 0.25) is 0 Å². The number of benzene rings is 1. The van der Waals surface area contributed by atoms with Crippen molar-refractivity contribution in [2.75, 3.05) is 49.1 Å². The van der Waals surface area contributed by atoms with Gasteiger partial charge in [-0.3, -0.25) is 4.79 Å². The van der Waals surface area contributed by atoms with E-state index in [9.17, 15) is 4.79 Å². The van der Waals surface area contributed by atoms with Crippen LogP contribution in [0.25, 0.3) is 0 Å². The second-order valence-corrected chi connectivity index (χ2v) is 5.91. The Morgan fingerprint density at radius 3 is 2.38 bits per heavy atom. The quantitative estimate of drug-likeness (QED) is 0.846. The summed E-state index contributed by atoms with van der Waals surface area (Å²) in [5.74, 6) is 1.19. The van der Waals surface area contributed by atoms with E-state index in [0.717, 1.165) is 44.2 Å². The van der Waals surface area contributed by atoms with Crippen molar-refractivity contribution in [3.8, 4) is 0 Å².